The van der Waals surface area contributed by atoms with E-state index in [-0.39, 0.29) is 0 Å². The smallest absolute Gasteiger partial charge is 0.161 e. The van der Waals surface area contributed by atoms with Crippen LogP contribution in [0.1, 0.15) is 273 Å². The number of ether oxygens (including phenoxy) is 6. The highest BCUT2D eigenvalue weighted by molar-refractivity contribution is 9.11. The van der Waals surface area contributed by atoms with Gasteiger partial charge in [0.15, 0.2) is 34.5 Å². The molecule has 10 aromatic rings. The molecule has 6 nitrogen and oxygen atoms in total. The first kappa shape index (κ1) is 73.0. The molecule has 0 aliphatic carbocycles. The van der Waals surface area contributed by atoms with Gasteiger partial charge in [0, 0.05) is 92.8 Å². The molecule has 0 fully saturated rings. The van der Waals surface area contributed by atoms with Crippen molar-refractivity contribution in [2.45, 2.75) is 273 Å². The second-order valence-corrected chi connectivity index (χ2v) is 33.7. The number of unbranched alkanes of at least 4 members (excludes halogenated alkanes) is 30. The van der Waals surface area contributed by atoms with Crippen molar-refractivity contribution in [1.29, 1.82) is 0 Å². The molecule has 4 aromatic heterocycles. The SMILES string of the molecule is CCCCCCCCOc1cc2c(cc1OCCCCCCCC)c1sc3c4cc(OCCCCCCCC)c(OCCCCCCCC)cc4c4sc5c6cc(OCCCCCCCC)c(OCCCCCCCC)cc6c6sc(Br)cc6c5c4c3c1c1cc(Br)sc21. The van der Waals surface area contributed by atoms with Crippen molar-refractivity contribution in [2.24, 2.45) is 0 Å². The van der Waals surface area contributed by atoms with Gasteiger partial charge in [0.25, 0.3) is 0 Å². The maximum Gasteiger partial charge on any atom is 0.161 e. The maximum absolute atomic E-state index is 7.05. The van der Waals surface area contributed by atoms with Crippen LogP contribution in [0.4, 0.5) is 0 Å². The fourth-order valence-electron chi connectivity index (χ4n) is 14.0. The molecule has 0 aliphatic heterocycles. The number of fused-ring (bicyclic) bond motifs is 20. The Kier molecular flexibility index (Phi) is 29.9. The van der Waals surface area contributed by atoms with Crippen molar-refractivity contribution in [3.05, 3.63) is 56.1 Å². The monoisotopic (exact) mass is 1480 g/mol. The first-order valence-corrected chi connectivity index (χ1v) is 42.4. The second-order valence-electron chi connectivity index (χ2n) is 26.8. The molecule has 6 aromatic carbocycles. The van der Waals surface area contributed by atoms with Crippen LogP contribution in [0.2, 0.25) is 0 Å². The van der Waals surface area contributed by atoms with E-state index >= 15 is 0 Å². The van der Waals surface area contributed by atoms with E-state index in [4.69, 9.17) is 28.4 Å². The Morgan fingerprint density at radius 1 is 0.213 bits per heavy atom. The molecule has 0 saturated heterocycles. The summed E-state index contributed by atoms with van der Waals surface area (Å²) in [4.78, 5) is 0. The lowest BCUT2D eigenvalue weighted by Crippen LogP contribution is -2.03. The van der Waals surface area contributed by atoms with Gasteiger partial charge >= 0.3 is 0 Å². The number of benzene rings is 6. The Morgan fingerprint density at radius 2 is 0.404 bits per heavy atom. The molecule has 512 valence electrons. The van der Waals surface area contributed by atoms with Crippen LogP contribution in [0.25, 0.3) is 92.8 Å². The first-order valence-electron chi connectivity index (χ1n) is 37.6. The average Bonchev–Trinajstić information content (AvgIpc) is 1.51. The Hall–Kier alpha value is -3.78. The third-order valence-corrected chi connectivity index (χ3v) is 25.1. The Labute approximate surface area is 596 Å². The predicted octanol–water partition coefficient (Wildman–Crippen LogP) is 30.3. The van der Waals surface area contributed by atoms with Crippen LogP contribution in [-0.4, -0.2) is 39.6 Å². The van der Waals surface area contributed by atoms with E-state index in [1.54, 1.807) is 0 Å². The summed E-state index contributed by atoms with van der Waals surface area (Å²) in [5.74, 6) is 5.14. The topological polar surface area (TPSA) is 55.4 Å². The van der Waals surface area contributed by atoms with Gasteiger partial charge in [-0.1, -0.05) is 234 Å². The molecule has 0 unspecified atom stereocenters. The highest BCUT2D eigenvalue weighted by Crippen LogP contribution is 2.59. The molecule has 0 atom stereocenters. The molecule has 4 heterocycles. The number of hydrogen-bond acceptors (Lipinski definition) is 10. The average molecular weight is 1480 g/mol. The Morgan fingerprint density at radius 3 is 0.628 bits per heavy atom. The number of thiophene rings is 4. The summed E-state index contributed by atoms with van der Waals surface area (Å²) in [5, 5.41) is 15.1. The number of halogens is 2. The van der Waals surface area contributed by atoms with E-state index in [2.05, 4.69) is 122 Å². The minimum Gasteiger partial charge on any atom is -0.490 e. The van der Waals surface area contributed by atoms with E-state index in [1.165, 1.54) is 285 Å². The normalized spacial score (nSPS) is 12.1. The van der Waals surface area contributed by atoms with E-state index in [0.717, 1.165) is 80.6 Å². The minimum absolute atomic E-state index is 0.662. The molecule has 0 N–H and O–H groups in total. The van der Waals surface area contributed by atoms with Gasteiger partial charge in [0.2, 0.25) is 0 Å². The van der Waals surface area contributed by atoms with Crippen molar-refractivity contribution >= 4 is 170 Å². The van der Waals surface area contributed by atoms with Gasteiger partial charge in [-0.2, -0.15) is 0 Å². The van der Waals surface area contributed by atoms with Crippen molar-refractivity contribution < 1.29 is 28.4 Å². The molecule has 12 heteroatoms. The van der Waals surface area contributed by atoms with Crippen molar-refractivity contribution in [1.82, 2.24) is 0 Å². The van der Waals surface area contributed by atoms with E-state index in [0.29, 0.717) is 39.6 Å². The van der Waals surface area contributed by atoms with Gasteiger partial charge in [-0.25, -0.2) is 0 Å². The molecular weight excluding hydrogens is 1370 g/mol. The lowest BCUT2D eigenvalue weighted by molar-refractivity contribution is 0.259. The minimum atomic E-state index is 0.662. The van der Waals surface area contributed by atoms with Gasteiger partial charge in [0.05, 0.1) is 47.2 Å². The Bertz CT molecular complexity index is 3730. The molecular formula is C82H110Br2O6S4. The molecule has 0 saturated carbocycles. The summed E-state index contributed by atoms with van der Waals surface area (Å²) in [5.41, 5.74) is 0. The third kappa shape index (κ3) is 18.5. The van der Waals surface area contributed by atoms with Crippen LogP contribution in [0, 0.1) is 0 Å². The summed E-state index contributed by atoms with van der Waals surface area (Å²) in [7, 11) is 0. The molecule has 0 aliphatic rings. The fraction of sp³-hybridized carbons (Fsp3) is 0.585. The molecule has 0 radical (unpaired) electrons. The zero-order valence-electron chi connectivity index (χ0n) is 58.2. The van der Waals surface area contributed by atoms with E-state index in [9.17, 15) is 0 Å². The van der Waals surface area contributed by atoms with Gasteiger partial charge in [-0.05, 0) is 119 Å². The van der Waals surface area contributed by atoms with Crippen LogP contribution < -0.4 is 28.4 Å². The summed E-state index contributed by atoms with van der Waals surface area (Å²) in [6.45, 7) is 17.8. The van der Waals surface area contributed by atoms with Gasteiger partial charge in [-0.3, -0.25) is 0 Å². The molecule has 0 spiro atoms. The van der Waals surface area contributed by atoms with Crippen LogP contribution >= 0.6 is 77.2 Å². The zero-order valence-corrected chi connectivity index (χ0v) is 64.6. The van der Waals surface area contributed by atoms with E-state index < -0.39 is 0 Å². The van der Waals surface area contributed by atoms with Gasteiger partial charge in [-0.15, -0.1) is 45.3 Å². The van der Waals surface area contributed by atoms with Gasteiger partial charge in [0.1, 0.15) is 0 Å². The first-order chi connectivity index (χ1) is 46.3. The lowest BCUT2D eigenvalue weighted by Gasteiger charge is -2.16. The number of rotatable bonds is 48. The summed E-state index contributed by atoms with van der Waals surface area (Å²) >= 11 is 15.8. The van der Waals surface area contributed by atoms with Crippen LogP contribution in [0.5, 0.6) is 34.5 Å². The van der Waals surface area contributed by atoms with Crippen LogP contribution in [0.15, 0.2) is 56.1 Å². The van der Waals surface area contributed by atoms with Gasteiger partial charge < -0.3 is 28.4 Å². The molecule has 0 bridgehead atoms. The molecule has 94 heavy (non-hydrogen) atoms. The van der Waals surface area contributed by atoms with Crippen molar-refractivity contribution in [2.75, 3.05) is 39.6 Å². The third-order valence-electron chi connectivity index (χ3n) is 19.3. The summed E-state index contributed by atoms with van der Waals surface area (Å²) < 4.78 is 51.8. The van der Waals surface area contributed by atoms with Crippen molar-refractivity contribution in [3.8, 4) is 34.5 Å². The fourth-order valence-corrected chi connectivity index (χ4v) is 20.0. The van der Waals surface area contributed by atoms with E-state index in [1.807, 2.05) is 45.3 Å². The molecule has 0 amide bonds. The highest BCUT2D eigenvalue weighted by Gasteiger charge is 2.28. The van der Waals surface area contributed by atoms with Crippen LogP contribution in [-0.2, 0) is 0 Å². The molecule has 10 rings (SSSR count). The number of hydrogen-bond donors (Lipinski definition) is 0. The van der Waals surface area contributed by atoms with Crippen molar-refractivity contribution in [3.63, 3.8) is 0 Å². The second kappa shape index (κ2) is 38.5. The largest absolute Gasteiger partial charge is 0.490 e. The predicted molar refractivity (Wildman–Crippen MR) is 424 cm³/mol. The standard InChI is InChI=1S/C82H110Br2O6S4/c1-7-13-19-25-31-37-43-85-65-49-57-59(51-67(65)87-45-39-33-27-21-15-9-3)79-73(63-55-71(83)91-77(57)63)75-76-74-64-56-72(84)92-78(64)58-50-66(86-44-38-32-26-20-14-8-2)68(88-46-40-34-28-22-16-10-4)52-60(58)80(74)94-82(76)62-54-70(90-48-42-36-30-24-18-12-6)69(53-61(62)81(75)93-79)89-47-41-35-29-23-17-11-5/h49-56H,7-48H2,1-6H3. The highest BCUT2D eigenvalue weighted by atomic mass is 79.9. The lowest BCUT2D eigenvalue weighted by atomic mass is 9.94. The summed E-state index contributed by atoms with van der Waals surface area (Å²) in [6, 6.07) is 19.0. The summed E-state index contributed by atoms with van der Waals surface area (Å²) in [6.07, 6.45) is 43.6. The van der Waals surface area contributed by atoms with Crippen LogP contribution in [0.3, 0.4) is 0 Å². The quantitative estimate of drug-likeness (QED) is 0.0354. The Balaban J connectivity index is 1.22. The zero-order chi connectivity index (χ0) is 65.4. The maximum atomic E-state index is 7.05.